The van der Waals surface area contributed by atoms with Crippen molar-refractivity contribution in [2.45, 2.75) is 27.4 Å². The third-order valence-electron chi connectivity index (χ3n) is 3.44. The molecule has 0 saturated carbocycles. The summed E-state index contributed by atoms with van der Waals surface area (Å²) in [5, 5.41) is 4.76. The SMILES string of the molecule is CC(=O)Nc1ccc(C)cc1OCc1nc(-c2cccs2)oc1C. The van der Waals surface area contributed by atoms with E-state index in [2.05, 4.69) is 10.3 Å². The molecule has 3 aromatic rings. The first kappa shape index (κ1) is 16.3. The summed E-state index contributed by atoms with van der Waals surface area (Å²) in [6.07, 6.45) is 0. The summed E-state index contributed by atoms with van der Waals surface area (Å²) in [6.45, 7) is 5.59. The van der Waals surface area contributed by atoms with Crippen molar-refractivity contribution in [2.75, 3.05) is 5.32 Å². The zero-order valence-electron chi connectivity index (χ0n) is 13.8. The Morgan fingerprint density at radius 1 is 1.33 bits per heavy atom. The largest absolute Gasteiger partial charge is 0.485 e. The number of hydrogen-bond donors (Lipinski definition) is 1. The number of carbonyl (C=O) groups excluding carboxylic acids is 1. The fourth-order valence-corrected chi connectivity index (χ4v) is 2.90. The van der Waals surface area contributed by atoms with E-state index in [9.17, 15) is 4.79 Å². The molecule has 124 valence electrons. The van der Waals surface area contributed by atoms with Gasteiger partial charge in [-0.3, -0.25) is 4.79 Å². The zero-order valence-corrected chi connectivity index (χ0v) is 14.6. The van der Waals surface area contributed by atoms with Gasteiger partial charge in [-0.15, -0.1) is 11.3 Å². The highest BCUT2D eigenvalue weighted by Crippen LogP contribution is 2.29. The van der Waals surface area contributed by atoms with Gasteiger partial charge in [0.1, 0.15) is 23.8 Å². The highest BCUT2D eigenvalue weighted by Gasteiger charge is 2.14. The molecule has 24 heavy (non-hydrogen) atoms. The first-order chi connectivity index (χ1) is 11.5. The van der Waals surface area contributed by atoms with Gasteiger partial charge in [-0.1, -0.05) is 12.1 Å². The van der Waals surface area contributed by atoms with E-state index in [1.54, 1.807) is 11.3 Å². The molecule has 2 heterocycles. The van der Waals surface area contributed by atoms with E-state index >= 15 is 0 Å². The van der Waals surface area contributed by atoms with Gasteiger partial charge in [0.25, 0.3) is 0 Å². The first-order valence-electron chi connectivity index (χ1n) is 7.54. The van der Waals surface area contributed by atoms with E-state index in [1.807, 2.05) is 49.6 Å². The quantitative estimate of drug-likeness (QED) is 0.738. The van der Waals surface area contributed by atoms with Crippen LogP contribution >= 0.6 is 11.3 Å². The topological polar surface area (TPSA) is 64.4 Å². The van der Waals surface area contributed by atoms with Crippen molar-refractivity contribution in [1.29, 1.82) is 0 Å². The van der Waals surface area contributed by atoms with Crippen LogP contribution in [0.3, 0.4) is 0 Å². The van der Waals surface area contributed by atoms with Gasteiger partial charge in [0.2, 0.25) is 11.8 Å². The van der Waals surface area contributed by atoms with Gasteiger partial charge in [0, 0.05) is 6.92 Å². The maximum Gasteiger partial charge on any atom is 0.236 e. The molecule has 1 N–H and O–H groups in total. The number of carbonyl (C=O) groups is 1. The van der Waals surface area contributed by atoms with Crippen LogP contribution in [-0.4, -0.2) is 10.9 Å². The highest BCUT2D eigenvalue weighted by atomic mass is 32.1. The lowest BCUT2D eigenvalue weighted by Crippen LogP contribution is -2.08. The molecule has 0 unspecified atom stereocenters. The number of oxazole rings is 1. The van der Waals surface area contributed by atoms with Crippen LogP contribution in [-0.2, 0) is 11.4 Å². The lowest BCUT2D eigenvalue weighted by molar-refractivity contribution is -0.114. The molecule has 1 amide bonds. The van der Waals surface area contributed by atoms with Crippen molar-refractivity contribution in [3.8, 4) is 16.5 Å². The molecule has 1 aromatic carbocycles. The van der Waals surface area contributed by atoms with Crippen LogP contribution in [0, 0.1) is 13.8 Å². The molecule has 6 heteroatoms. The minimum absolute atomic E-state index is 0.138. The average molecular weight is 342 g/mol. The van der Waals surface area contributed by atoms with Crippen molar-refractivity contribution in [1.82, 2.24) is 4.98 Å². The molecule has 0 aliphatic heterocycles. The summed E-state index contributed by atoms with van der Waals surface area (Å²) in [5.41, 5.74) is 2.44. The number of nitrogens with zero attached hydrogens (tertiary/aromatic N) is 1. The molecular weight excluding hydrogens is 324 g/mol. The number of ether oxygens (including phenoxy) is 1. The summed E-state index contributed by atoms with van der Waals surface area (Å²) in [5.74, 6) is 1.81. The summed E-state index contributed by atoms with van der Waals surface area (Å²) < 4.78 is 11.6. The third-order valence-corrected chi connectivity index (χ3v) is 4.29. The lowest BCUT2D eigenvalue weighted by atomic mass is 10.2. The Bertz CT molecular complexity index is 853. The lowest BCUT2D eigenvalue weighted by Gasteiger charge is -2.12. The highest BCUT2D eigenvalue weighted by molar-refractivity contribution is 7.13. The van der Waals surface area contributed by atoms with Crippen molar-refractivity contribution < 1.29 is 13.9 Å². The normalized spacial score (nSPS) is 10.6. The molecular formula is C18H18N2O3S. The average Bonchev–Trinajstić information content (AvgIpc) is 3.16. The van der Waals surface area contributed by atoms with Crippen molar-refractivity contribution >= 4 is 22.9 Å². The van der Waals surface area contributed by atoms with E-state index in [-0.39, 0.29) is 12.5 Å². The van der Waals surface area contributed by atoms with Gasteiger partial charge in [-0.05, 0) is 43.0 Å². The first-order valence-corrected chi connectivity index (χ1v) is 8.42. The minimum Gasteiger partial charge on any atom is -0.485 e. The van der Waals surface area contributed by atoms with Crippen LogP contribution in [0.4, 0.5) is 5.69 Å². The molecule has 0 fully saturated rings. The van der Waals surface area contributed by atoms with E-state index in [1.165, 1.54) is 6.92 Å². The predicted octanol–water partition coefficient (Wildman–Crippen LogP) is 4.56. The second-order valence-electron chi connectivity index (χ2n) is 5.47. The monoisotopic (exact) mass is 342 g/mol. The van der Waals surface area contributed by atoms with Crippen LogP contribution in [0.1, 0.15) is 23.9 Å². The Morgan fingerprint density at radius 2 is 2.17 bits per heavy atom. The third kappa shape index (κ3) is 3.65. The van der Waals surface area contributed by atoms with Crippen LogP contribution in [0.25, 0.3) is 10.8 Å². The standard InChI is InChI=1S/C18H18N2O3S/c1-11-6-7-14(19-13(3)21)16(9-11)22-10-15-12(2)23-18(20-15)17-5-4-8-24-17/h4-9H,10H2,1-3H3,(H,19,21). The number of anilines is 1. The Hall–Kier alpha value is -2.60. The number of amides is 1. The number of benzene rings is 1. The number of rotatable bonds is 5. The van der Waals surface area contributed by atoms with E-state index in [4.69, 9.17) is 9.15 Å². The summed E-state index contributed by atoms with van der Waals surface area (Å²) in [6, 6.07) is 9.58. The predicted molar refractivity (Wildman–Crippen MR) is 94.4 cm³/mol. The Balaban J connectivity index is 1.79. The number of nitrogens with one attached hydrogen (secondary N) is 1. The summed E-state index contributed by atoms with van der Waals surface area (Å²) in [7, 11) is 0. The Kier molecular flexibility index (Phi) is 4.66. The van der Waals surface area contributed by atoms with Crippen LogP contribution in [0.15, 0.2) is 40.1 Å². The van der Waals surface area contributed by atoms with Gasteiger partial charge >= 0.3 is 0 Å². The Labute approximate surface area is 144 Å². The zero-order chi connectivity index (χ0) is 17.1. The van der Waals surface area contributed by atoms with Crippen LogP contribution < -0.4 is 10.1 Å². The van der Waals surface area contributed by atoms with Gasteiger partial charge in [0.05, 0.1) is 10.6 Å². The Morgan fingerprint density at radius 3 is 2.88 bits per heavy atom. The summed E-state index contributed by atoms with van der Waals surface area (Å²) in [4.78, 5) is 16.8. The number of thiophene rings is 1. The minimum atomic E-state index is -0.138. The van der Waals surface area contributed by atoms with Crippen molar-refractivity contribution in [2.24, 2.45) is 0 Å². The van der Waals surface area contributed by atoms with Crippen molar-refractivity contribution in [3.63, 3.8) is 0 Å². The maximum absolute atomic E-state index is 11.3. The van der Waals surface area contributed by atoms with Gasteiger partial charge in [-0.2, -0.15) is 0 Å². The molecule has 3 rings (SSSR count). The molecule has 0 radical (unpaired) electrons. The van der Waals surface area contributed by atoms with E-state index < -0.39 is 0 Å². The molecule has 0 saturated heterocycles. The summed E-state index contributed by atoms with van der Waals surface area (Å²) >= 11 is 1.58. The molecule has 0 aliphatic rings. The van der Waals surface area contributed by atoms with Gasteiger partial charge in [0.15, 0.2) is 0 Å². The molecule has 0 spiro atoms. The molecule has 0 bridgehead atoms. The van der Waals surface area contributed by atoms with Crippen LogP contribution in [0.2, 0.25) is 0 Å². The van der Waals surface area contributed by atoms with E-state index in [0.717, 1.165) is 21.9 Å². The maximum atomic E-state index is 11.3. The fraction of sp³-hybridized carbons (Fsp3) is 0.222. The van der Waals surface area contributed by atoms with Gasteiger partial charge < -0.3 is 14.5 Å². The number of hydrogen-bond acceptors (Lipinski definition) is 5. The van der Waals surface area contributed by atoms with Crippen molar-refractivity contribution in [3.05, 3.63) is 52.7 Å². The molecule has 0 atom stereocenters. The fourth-order valence-electron chi connectivity index (χ4n) is 2.26. The molecule has 5 nitrogen and oxygen atoms in total. The smallest absolute Gasteiger partial charge is 0.236 e. The van der Waals surface area contributed by atoms with Gasteiger partial charge in [-0.25, -0.2) is 4.98 Å². The molecule has 2 aromatic heterocycles. The number of aryl methyl sites for hydroxylation is 2. The number of aromatic nitrogens is 1. The second-order valence-corrected chi connectivity index (χ2v) is 6.42. The molecule has 0 aliphatic carbocycles. The second kappa shape index (κ2) is 6.88. The van der Waals surface area contributed by atoms with Crippen LogP contribution in [0.5, 0.6) is 5.75 Å². The van der Waals surface area contributed by atoms with E-state index in [0.29, 0.717) is 17.3 Å².